The smallest absolute Gasteiger partial charge is 0.338 e. The van der Waals surface area contributed by atoms with Crippen LogP contribution in [0.4, 0.5) is 8.78 Å². The van der Waals surface area contributed by atoms with E-state index in [2.05, 4.69) is 10.6 Å². The lowest BCUT2D eigenvalue weighted by molar-refractivity contribution is -0.126. The third-order valence-electron chi connectivity index (χ3n) is 4.83. The Bertz CT molecular complexity index is 987. The maximum atomic E-state index is 13.5. The van der Waals surface area contributed by atoms with Crippen molar-refractivity contribution in [2.24, 2.45) is 5.92 Å². The van der Waals surface area contributed by atoms with Crippen molar-refractivity contribution >= 4 is 23.7 Å². The van der Waals surface area contributed by atoms with Gasteiger partial charge in [0.15, 0.2) is 6.61 Å². The van der Waals surface area contributed by atoms with E-state index in [1.165, 1.54) is 18.2 Å². The number of benzene rings is 2. The maximum absolute atomic E-state index is 13.5. The van der Waals surface area contributed by atoms with Crippen molar-refractivity contribution in [3.63, 3.8) is 0 Å². The van der Waals surface area contributed by atoms with Gasteiger partial charge in [0.2, 0.25) is 11.8 Å². The lowest BCUT2D eigenvalue weighted by Crippen LogP contribution is -2.30. The predicted octanol–water partition coefficient (Wildman–Crippen LogP) is 1.69. The van der Waals surface area contributed by atoms with Crippen LogP contribution in [0.15, 0.2) is 42.5 Å². The normalized spacial score (nSPS) is 15.5. The predicted molar refractivity (Wildman–Crippen MR) is 105 cm³/mol. The van der Waals surface area contributed by atoms with Gasteiger partial charge in [-0.15, -0.1) is 0 Å². The highest BCUT2D eigenvalue weighted by molar-refractivity contribution is 6.03. The Morgan fingerprint density at radius 1 is 1.06 bits per heavy atom. The zero-order chi connectivity index (χ0) is 22.4. The number of ether oxygens (including phenoxy) is 1. The van der Waals surface area contributed by atoms with E-state index in [1.54, 1.807) is 12.1 Å². The second-order valence-corrected chi connectivity index (χ2v) is 7.09. The number of rotatable bonds is 8. The van der Waals surface area contributed by atoms with Crippen LogP contribution < -0.4 is 10.6 Å². The first kappa shape index (κ1) is 22.1. The van der Waals surface area contributed by atoms with Crippen molar-refractivity contribution < 1.29 is 32.7 Å². The zero-order valence-corrected chi connectivity index (χ0v) is 16.5. The number of imide groups is 1. The molecule has 0 radical (unpaired) electrons. The molecule has 1 unspecified atom stereocenters. The van der Waals surface area contributed by atoms with Crippen LogP contribution in [-0.2, 0) is 32.0 Å². The van der Waals surface area contributed by atoms with E-state index >= 15 is 0 Å². The minimum atomic E-state index is -0.712. The molecule has 1 aliphatic heterocycles. The summed E-state index contributed by atoms with van der Waals surface area (Å²) < 4.78 is 32.0. The number of esters is 1. The summed E-state index contributed by atoms with van der Waals surface area (Å²) in [5, 5.41) is 4.68. The quantitative estimate of drug-likeness (QED) is 0.490. The average molecular weight is 430 g/mol. The summed E-state index contributed by atoms with van der Waals surface area (Å²) in [5.74, 6) is -3.72. The van der Waals surface area contributed by atoms with Crippen LogP contribution in [0.1, 0.15) is 27.9 Å². The van der Waals surface area contributed by atoms with Gasteiger partial charge in [0.05, 0.1) is 11.5 Å². The highest BCUT2D eigenvalue weighted by Crippen LogP contribution is 2.18. The summed E-state index contributed by atoms with van der Waals surface area (Å²) in [5.41, 5.74) is 0.876. The number of carbonyl (C=O) groups excluding carboxylic acids is 4. The molecule has 2 N–H and O–H groups in total. The largest absolute Gasteiger partial charge is 0.452 e. The summed E-state index contributed by atoms with van der Waals surface area (Å²) in [6.07, 6.45) is 0.476. The SMILES string of the molecule is O=C(COC(=O)c1ccc(CC2CC(=O)NC2=O)cc1)NCCc1c(F)cccc1F. The molecule has 1 heterocycles. The molecule has 3 rings (SSSR count). The van der Waals surface area contributed by atoms with Crippen molar-refractivity contribution in [1.82, 2.24) is 10.6 Å². The third-order valence-corrected chi connectivity index (χ3v) is 4.83. The summed E-state index contributed by atoms with van der Waals surface area (Å²) in [4.78, 5) is 46.7. The number of nitrogens with one attached hydrogen (secondary N) is 2. The molecular formula is C22H20F2N2O5. The molecule has 1 fully saturated rings. The van der Waals surface area contributed by atoms with Gasteiger partial charge in [-0.1, -0.05) is 18.2 Å². The van der Waals surface area contributed by atoms with Gasteiger partial charge in [-0.3, -0.25) is 19.7 Å². The fraction of sp³-hybridized carbons (Fsp3) is 0.273. The molecule has 2 aromatic carbocycles. The fourth-order valence-electron chi connectivity index (χ4n) is 3.20. The van der Waals surface area contributed by atoms with Crippen molar-refractivity contribution in [2.45, 2.75) is 19.3 Å². The number of carbonyl (C=O) groups is 4. The first-order valence-electron chi connectivity index (χ1n) is 9.63. The van der Waals surface area contributed by atoms with Crippen LogP contribution in [-0.4, -0.2) is 36.8 Å². The van der Waals surface area contributed by atoms with E-state index in [9.17, 15) is 28.0 Å². The summed E-state index contributed by atoms with van der Waals surface area (Å²) >= 11 is 0. The van der Waals surface area contributed by atoms with Crippen molar-refractivity contribution in [3.8, 4) is 0 Å². The fourth-order valence-corrected chi connectivity index (χ4v) is 3.20. The molecule has 2 aromatic rings. The Morgan fingerprint density at radius 2 is 1.74 bits per heavy atom. The van der Waals surface area contributed by atoms with E-state index < -0.39 is 36.0 Å². The van der Waals surface area contributed by atoms with Gasteiger partial charge in [0.25, 0.3) is 5.91 Å². The summed E-state index contributed by atoms with van der Waals surface area (Å²) in [6, 6.07) is 9.83. The van der Waals surface area contributed by atoms with Gasteiger partial charge < -0.3 is 10.1 Å². The van der Waals surface area contributed by atoms with E-state index in [0.29, 0.717) is 6.42 Å². The first-order chi connectivity index (χ1) is 14.8. The van der Waals surface area contributed by atoms with Gasteiger partial charge in [-0.25, -0.2) is 13.6 Å². The number of hydrogen-bond acceptors (Lipinski definition) is 5. The van der Waals surface area contributed by atoms with Gasteiger partial charge in [-0.2, -0.15) is 0 Å². The van der Waals surface area contributed by atoms with Crippen molar-refractivity contribution in [2.75, 3.05) is 13.2 Å². The molecule has 0 spiro atoms. The summed E-state index contributed by atoms with van der Waals surface area (Å²) in [7, 11) is 0. The second kappa shape index (κ2) is 9.92. The molecule has 1 aliphatic rings. The number of halogens is 2. The maximum Gasteiger partial charge on any atom is 0.338 e. The van der Waals surface area contributed by atoms with Gasteiger partial charge in [-0.05, 0) is 42.7 Å². The van der Waals surface area contributed by atoms with Crippen LogP contribution in [0.3, 0.4) is 0 Å². The van der Waals surface area contributed by atoms with Crippen LogP contribution in [0, 0.1) is 17.6 Å². The van der Waals surface area contributed by atoms with E-state index in [-0.39, 0.29) is 42.3 Å². The minimum Gasteiger partial charge on any atom is -0.452 e. The third kappa shape index (κ3) is 5.94. The summed E-state index contributed by atoms with van der Waals surface area (Å²) in [6.45, 7) is -0.551. The Morgan fingerprint density at radius 3 is 2.35 bits per heavy atom. The Labute approximate surface area is 176 Å². The molecule has 7 nitrogen and oxygen atoms in total. The van der Waals surface area contributed by atoms with Crippen LogP contribution in [0.5, 0.6) is 0 Å². The zero-order valence-electron chi connectivity index (χ0n) is 16.5. The lowest BCUT2D eigenvalue weighted by atomic mass is 9.97. The molecular weight excluding hydrogens is 410 g/mol. The highest BCUT2D eigenvalue weighted by atomic mass is 19.1. The first-order valence-corrected chi connectivity index (χ1v) is 9.63. The second-order valence-electron chi connectivity index (χ2n) is 7.09. The molecule has 31 heavy (non-hydrogen) atoms. The van der Waals surface area contributed by atoms with Gasteiger partial charge >= 0.3 is 5.97 Å². The average Bonchev–Trinajstić information content (AvgIpc) is 3.05. The Balaban J connectivity index is 1.42. The van der Waals surface area contributed by atoms with Crippen molar-refractivity contribution in [1.29, 1.82) is 0 Å². The lowest BCUT2D eigenvalue weighted by Gasteiger charge is -2.09. The molecule has 1 atom stereocenters. The molecule has 3 amide bonds. The van der Waals surface area contributed by atoms with Gasteiger partial charge in [0, 0.05) is 18.5 Å². The minimum absolute atomic E-state index is 0.0137. The molecule has 9 heteroatoms. The van der Waals surface area contributed by atoms with E-state index in [4.69, 9.17) is 4.74 Å². The molecule has 0 aliphatic carbocycles. The molecule has 1 saturated heterocycles. The Kier molecular flexibility index (Phi) is 7.07. The molecule has 0 saturated carbocycles. The van der Waals surface area contributed by atoms with E-state index in [1.807, 2.05) is 0 Å². The topological polar surface area (TPSA) is 102 Å². The molecule has 0 aromatic heterocycles. The highest BCUT2D eigenvalue weighted by Gasteiger charge is 2.30. The Hall–Kier alpha value is -3.62. The number of amides is 3. The molecule has 162 valence electrons. The van der Waals surface area contributed by atoms with Crippen LogP contribution in [0.25, 0.3) is 0 Å². The van der Waals surface area contributed by atoms with Crippen molar-refractivity contribution in [3.05, 3.63) is 70.8 Å². The number of hydrogen-bond donors (Lipinski definition) is 2. The molecule has 0 bridgehead atoms. The van der Waals surface area contributed by atoms with E-state index in [0.717, 1.165) is 17.7 Å². The monoisotopic (exact) mass is 430 g/mol. The van der Waals surface area contributed by atoms with Crippen LogP contribution in [0.2, 0.25) is 0 Å². The standard InChI is InChI=1S/C22H20F2N2O5/c23-17-2-1-3-18(24)16(17)8-9-25-20(28)12-31-22(30)14-6-4-13(5-7-14)10-15-11-19(27)26-21(15)29/h1-7,15H,8-12H2,(H,25,28)(H,26,27,29). The van der Waals surface area contributed by atoms with Gasteiger partial charge in [0.1, 0.15) is 11.6 Å². The van der Waals surface area contributed by atoms with Crippen LogP contribution >= 0.6 is 0 Å².